The number of anilines is 1. The van der Waals surface area contributed by atoms with E-state index in [1.165, 1.54) is 28.4 Å². The van der Waals surface area contributed by atoms with Crippen molar-refractivity contribution in [1.29, 1.82) is 0 Å². The molecule has 0 unspecified atom stereocenters. The lowest BCUT2D eigenvalue weighted by molar-refractivity contribution is -0.142. The lowest BCUT2D eigenvalue weighted by atomic mass is 10.2. The number of halogens is 4. The summed E-state index contributed by atoms with van der Waals surface area (Å²) in [6.45, 7) is 0.363. The first kappa shape index (κ1) is 22.0. The van der Waals surface area contributed by atoms with Crippen molar-refractivity contribution in [3.05, 3.63) is 82.2 Å². The molecule has 8 nitrogen and oxygen atoms in total. The van der Waals surface area contributed by atoms with Crippen LogP contribution in [-0.4, -0.2) is 35.3 Å². The number of fused-ring (bicyclic) bond motifs is 1. The average Bonchev–Trinajstić information content (AvgIpc) is 3.53. The fraction of sp³-hybridized carbons (Fsp3) is 0.0952. The maximum Gasteiger partial charge on any atom is 0.433 e. The van der Waals surface area contributed by atoms with Crippen molar-refractivity contribution in [3.63, 3.8) is 0 Å². The molecule has 4 heterocycles. The minimum absolute atomic E-state index is 0.0210. The van der Waals surface area contributed by atoms with E-state index in [2.05, 4.69) is 25.5 Å². The van der Waals surface area contributed by atoms with E-state index in [4.69, 9.17) is 11.6 Å². The summed E-state index contributed by atoms with van der Waals surface area (Å²) in [5, 5.41) is 12.8. The summed E-state index contributed by atoms with van der Waals surface area (Å²) in [6, 6.07) is 12.7. The molecule has 0 spiro atoms. The van der Waals surface area contributed by atoms with E-state index in [0.717, 1.165) is 11.6 Å². The van der Waals surface area contributed by atoms with Crippen LogP contribution in [0.25, 0.3) is 16.2 Å². The molecule has 0 radical (unpaired) electrons. The van der Waals surface area contributed by atoms with Crippen LogP contribution in [0.2, 0.25) is 5.02 Å². The summed E-state index contributed by atoms with van der Waals surface area (Å²) >= 11 is 7.24. The Morgan fingerprint density at radius 3 is 2.71 bits per heavy atom. The lowest BCUT2D eigenvalue weighted by Crippen LogP contribution is -2.16. The van der Waals surface area contributed by atoms with Crippen molar-refractivity contribution in [3.8, 4) is 10.6 Å². The van der Waals surface area contributed by atoms with Gasteiger partial charge in [0.25, 0.3) is 5.91 Å². The fourth-order valence-electron chi connectivity index (χ4n) is 3.25. The van der Waals surface area contributed by atoms with Crippen molar-refractivity contribution in [1.82, 2.24) is 29.4 Å². The Bertz CT molecular complexity index is 1490. The highest BCUT2D eigenvalue weighted by Crippen LogP contribution is 2.33. The van der Waals surface area contributed by atoms with Gasteiger partial charge in [0, 0.05) is 11.1 Å². The lowest BCUT2D eigenvalue weighted by Gasteiger charge is -2.10. The minimum atomic E-state index is -4.70. The number of hydrogen-bond acceptors (Lipinski definition) is 6. The summed E-state index contributed by atoms with van der Waals surface area (Å²) in [7, 11) is 0. The monoisotopic (exact) mass is 503 g/mol. The quantitative estimate of drug-likeness (QED) is 0.363. The number of thiophene rings is 1. The maximum absolute atomic E-state index is 13.7. The molecule has 0 saturated heterocycles. The van der Waals surface area contributed by atoms with Gasteiger partial charge in [-0.3, -0.25) is 10.1 Å². The highest BCUT2D eigenvalue weighted by atomic mass is 35.5. The molecule has 0 saturated carbocycles. The van der Waals surface area contributed by atoms with Crippen molar-refractivity contribution < 1.29 is 18.0 Å². The van der Waals surface area contributed by atoms with E-state index in [9.17, 15) is 18.0 Å². The van der Waals surface area contributed by atoms with Gasteiger partial charge in [0.2, 0.25) is 5.95 Å². The van der Waals surface area contributed by atoms with Crippen LogP contribution in [-0.2, 0) is 12.7 Å². The number of carbonyl (C=O) groups is 1. The molecular weight excluding hydrogens is 491 g/mol. The van der Waals surface area contributed by atoms with Crippen LogP contribution in [0.1, 0.15) is 21.7 Å². The molecule has 34 heavy (non-hydrogen) atoms. The number of alkyl halides is 3. The Labute approximate surface area is 198 Å². The number of nitrogens with zero attached hydrogens (tertiary/aromatic N) is 6. The third-order valence-electron chi connectivity index (χ3n) is 4.72. The summed E-state index contributed by atoms with van der Waals surface area (Å²) in [4.78, 5) is 21.5. The third kappa shape index (κ3) is 4.50. The minimum Gasteiger partial charge on any atom is -0.288 e. The van der Waals surface area contributed by atoms with E-state index in [-0.39, 0.29) is 23.0 Å². The molecule has 13 heteroatoms. The van der Waals surface area contributed by atoms with Crippen LogP contribution >= 0.6 is 22.9 Å². The number of aromatic nitrogens is 6. The molecule has 172 valence electrons. The van der Waals surface area contributed by atoms with E-state index in [1.54, 1.807) is 35.7 Å². The van der Waals surface area contributed by atoms with Gasteiger partial charge >= 0.3 is 6.18 Å². The zero-order chi connectivity index (χ0) is 23.9. The van der Waals surface area contributed by atoms with E-state index < -0.39 is 17.8 Å². The molecule has 1 aromatic carbocycles. The number of hydrogen-bond donors (Lipinski definition) is 1. The van der Waals surface area contributed by atoms with Gasteiger partial charge in [-0.2, -0.15) is 18.3 Å². The van der Waals surface area contributed by atoms with Crippen molar-refractivity contribution >= 4 is 40.4 Å². The predicted octanol–water partition coefficient (Wildman–Crippen LogP) is 5.02. The second-order valence-electron chi connectivity index (χ2n) is 7.15. The molecule has 1 amide bonds. The van der Waals surface area contributed by atoms with Crippen LogP contribution in [0, 0.1) is 0 Å². The molecule has 0 atom stereocenters. The Morgan fingerprint density at radius 2 is 1.97 bits per heavy atom. The smallest absolute Gasteiger partial charge is 0.288 e. The van der Waals surface area contributed by atoms with Gasteiger partial charge in [-0.15, -0.1) is 16.4 Å². The molecule has 0 aliphatic rings. The Kier molecular flexibility index (Phi) is 5.54. The van der Waals surface area contributed by atoms with Gasteiger partial charge in [-0.05, 0) is 35.2 Å². The molecule has 0 fully saturated rings. The van der Waals surface area contributed by atoms with Crippen molar-refractivity contribution in [2.45, 2.75) is 12.7 Å². The van der Waals surface area contributed by atoms with Gasteiger partial charge in [0.15, 0.2) is 17.0 Å². The Hall–Kier alpha value is -3.77. The number of rotatable bonds is 5. The largest absolute Gasteiger partial charge is 0.433 e. The van der Waals surface area contributed by atoms with Gasteiger partial charge in [0.1, 0.15) is 6.33 Å². The summed E-state index contributed by atoms with van der Waals surface area (Å²) in [5.74, 6) is -0.788. The summed E-state index contributed by atoms with van der Waals surface area (Å²) in [6.07, 6.45) is -3.29. The average molecular weight is 504 g/mol. The molecule has 5 aromatic rings. The molecule has 5 rings (SSSR count). The number of carbonyl (C=O) groups excluding carboxylic acids is 1. The zero-order valence-corrected chi connectivity index (χ0v) is 18.6. The van der Waals surface area contributed by atoms with E-state index >= 15 is 0 Å². The number of amides is 1. The van der Waals surface area contributed by atoms with Crippen LogP contribution < -0.4 is 5.32 Å². The second-order valence-corrected chi connectivity index (χ2v) is 8.54. The number of benzene rings is 1. The van der Waals surface area contributed by atoms with Gasteiger partial charge in [-0.1, -0.05) is 29.8 Å². The van der Waals surface area contributed by atoms with Gasteiger partial charge in [0.05, 0.1) is 17.1 Å². The van der Waals surface area contributed by atoms with Gasteiger partial charge in [-0.25, -0.2) is 19.2 Å². The molecule has 1 N–H and O–H groups in total. The summed E-state index contributed by atoms with van der Waals surface area (Å²) in [5.41, 5.74) is -0.384. The van der Waals surface area contributed by atoms with Crippen LogP contribution in [0.15, 0.2) is 60.2 Å². The molecular formula is C21H13ClF3N7OS. The maximum atomic E-state index is 13.7. The molecule has 0 bridgehead atoms. The first-order valence-corrected chi connectivity index (χ1v) is 11.0. The van der Waals surface area contributed by atoms with Crippen molar-refractivity contribution in [2.24, 2.45) is 0 Å². The molecule has 0 aliphatic carbocycles. The van der Waals surface area contributed by atoms with E-state index in [0.29, 0.717) is 21.0 Å². The Morgan fingerprint density at radius 1 is 1.12 bits per heavy atom. The topological polar surface area (TPSA) is 90.0 Å². The Balaban J connectivity index is 1.41. The standard InChI is InChI=1S/C21H13ClF3N7OS/c22-13-4-1-3-12(7-13)10-31-11-26-20(30-31)28-19(33)15-9-18-27-14(16-5-2-6-34-16)8-17(21(23,24)25)32(18)29-15/h1-9,11H,10H2,(H,28,30,33). The molecule has 0 aliphatic heterocycles. The van der Waals surface area contributed by atoms with Gasteiger partial charge < -0.3 is 0 Å². The van der Waals surface area contributed by atoms with Crippen LogP contribution in [0.3, 0.4) is 0 Å². The third-order valence-corrected chi connectivity index (χ3v) is 5.85. The summed E-state index contributed by atoms with van der Waals surface area (Å²) < 4.78 is 43.2. The van der Waals surface area contributed by atoms with Crippen LogP contribution in [0.5, 0.6) is 0 Å². The van der Waals surface area contributed by atoms with Crippen molar-refractivity contribution in [2.75, 3.05) is 5.32 Å². The highest BCUT2D eigenvalue weighted by molar-refractivity contribution is 7.13. The first-order chi connectivity index (χ1) is 16.3. The SMILES string of the molecule is O=C(Nc1ncn(Cc2cccc(Cl)c2)n1)c1cc2nc(-c3cccs3)cc(C(F)(F)F)n2n1. The number of nitrogens with one attached hydrogen (secondary N) is 1. The van der Waals surface area contributed by atoms with E-state index in [1.807, 2.05) is 6.07 Å². The first-order valence-electron chi connectivity index (χ1n) is 9.73. The fourth-order valence-corrected chi connectivity index (χ4v) is 4.15. The second kappa shape index (κ2) is 8.54. The molecule has 4 aromatic heterocycles. The predicted molar refractivity (Wildman–Crippen MR) is 120 cm³/mol. The normalized spacial score (nSPS) is 11.8. The zero-order valence-electron chi connectivity index (χ0n) is 17.0. The highest BCUT2D eigenvalue weighted by Gasteiger charge is 2.35. The van der Waals surface area contributed by atoms with Crippen LogP contribution in [0.4, 0.5) is 19.1 Å².